The van der Waals surface area contributed by atoms with Crippen LogP contribution in [0.4, 0.5) is 17.1 Å². The standard InChI is InChI=1S/C94H112N2/c1-17-19-21-23-25-77-61-90(88-54-52-86(60-66(88)6)96(82-45-37-74(38-46-82)72-33-29-64(4)30-34-72)84-49-41-76(42-50-84)92-69(9)57-80(58-70(92)10)94(14,15)16)78(26-24-22-20-18-2)62-89(77)87-53-51-85(59-65(87)5)95(81-43-35-73(36-44-81)71-31-27-63(3)28-32-71)83-47-39-75(40-48-83)91-67(7)55-79(56-68(91)8)93(11,12)13/h27-37,39-43,45,47-49,51-62,74,81-82,84H,17-26,38,44,46,50H2,1-16H3. The van der Waals surface area contributed by atoms with E-state index in [1.165, 1.54) is 196 Å². The van der Waals surface area contributed by atoms with Gasteiger partial charge in [-0.15, -0.1) is 0 Å². The van der Waals surface area contributed by atoms with Crippen molar-refractivity contribution < 1.29 is 0 Å². The molecular weight excluding hydrogens is 1160 g/mol. The molecule has 4 unspecified atom stereocenters. The average Bonchev–Trinajstić information content (AvgIpc) is 0.771. The van der Waals surface area contributed by atoms with E-state index in [9.17, 15) is 0 Å². The van der Waals surface area contributed by atoms with Gasteiger partial charge >= 0.3 is 0 Å². The molecule has 2 heteroatoms. The van der Waals surface area contributed by atoms with E-state index < -0.39 is 0 Å². The second-order valence-corrected chi connectivity index (χ2v) is 31.1. The number of hydrogen-bond donors (Lipinski definition) is 0. The molecule has 0 saturated heterocycles. The lowest BCUT2D eigenvalue weighted by molar-refractivity contribution is 0.527. The quantitative estimate of drug-likeness (QED) is 0.0493. The highest BCUT2D eigenvalue weighted by atomic mass is 15.2. The van der Waals surface area contributed by atoms with Gasteiger partial charge in [-0.1, -0.05) is 263 Å². The van der Waals surface area contributed by atoms with Crippen molar-refractivity contribution >= 4 is 28.2 Å². The van der Waals surface area contributed by atoms with Crippen LogP contribution in [0.5, 0.6) is 0 Å². The van der Waals surface area contributed by atoms with E-state index in [1.807, 2.05) is 0 Å². The molecule has 0 fully saturated rings. The van der Waals surface area contributed by atoms with Crippen LogP contribution in [0.1, 0.15) is 222 Å². The lowest BCUT2D eigenvalue weighted by Crippen LogP contribution is -2.43. The van der Waals surface area contributed by atoms with Crippen molar-refractivity contribution in [3.63, 3.8) is 0 Å². The number of rotatable bonds is 22. The molecule has 0 aliphatic heterocycles. The lowest BCUT2D eigenvalue weighted by atomic mass is 9.81. The zero-order chi connectivity index (χ0) is 68.0. The highest BCUT2D eigenvalue weighted by molar-refractivity contribution is 5.84. The van der Waals surface area contributed by atoms with E-state index in [0.29, 0.717) is 5.92 Å². The molecule has 0 heterocycles. The third kappa shape index (κ3) is 15.9. The van der Waals surface area contributed by atoms with E-state index in [1.54, 1.807) is 0 Å². The first-order valence-electron chi connectivity index (χ1n) is 36.9. The van der Waals surface area contributed by atoms with Crippen LogP contribution in [0.15, 0.2) is 194 Å². The Morgan fingerprint density at radius 3 is 1.32 bits per heavy atom. The molecule has 0 aromatic heterocycles. The van der Waals surface area contributed by atoms with Crippen molar-refractivity contribution in [3.05, 3.63) is 278 Å². The van der Waals surface area contributed by atoms with Gasteiger partial charge in [-0.2, -0.15) is 0 Å². The maximum Gasteiger partial charge on any atom is 0.0560 e. The van der Waals surface area contributed by atoms with Crippen molar-refractivity contribution in [1.29, 1.82) is 0 Å². The molecule has 3 aliphatic carbocycles. The first-order chi connectivity index (χ1) is 46.1. The Balaban J connectivity index is 0.963. The number of nitrogens with zero attached hydrogens (tertiary/aromatic N) is 2. The summed E-state index contributed by atoms with van der Waals surface area (Å²) in [6.45, 7) is 36.9. The first-order valence-corrected chi connectivity index (χ1v) is 36.9. The van der Waals surface area contributed by atoms with Gasteiger partial charge in [-0.3, -0.25) is 0 Å². The number of unbranched alkanes of at least 4 members (excludes halogenated alkanes) is 6. The second-order valence-electron chi connectivity index (χ2n) is 31.1. The highest BCUT2D eigenvalue weighted by Gasteiger charge is 2.31. The largest absolute Gasteiger partial charge is 0.358 e. The Labute approximate surface area is 581 Å². The van der Waals surface area contributed by atoms with E-state index in [2.05, 4.69) is 315 Å². The van der Waals surface area contributed by atoms with E-state index >= 15 is 0 Å². The van der Waals surface area contributed by atoms with Crippen LogP contribution in [-0.4, -0.2) is 18.1 Å². The molecule has 8 aromatic rings. The van der Waals surface area contributed by atoms with Gasteiger partial charge in [0, 0.05) is 29.0 Å². The van der Waals surface area contributed by atoms with Crippen LogP contribution in [0.25, 0.3) is 44.5 Å². The molecule has 11 rings (SSSR count). The normalized spacial score (nSPS) is 17.2. The van der Waals surface area contributed by atoms with Crippen LogP contribution in [-0.2, 0) is 23.7 Å². The molecule has 0 N–H and O–H groups in total. The summed E-state index contributed by atoms with van der Waals surface area (Å²) in [6, 6.07) is 58.3. The van der Waals surface area contributed by atoms with Gasteiger partial charge in [-0.05, 0) is 271 Å². The fourth-order valence-electron chi connectivity index (χ4n) is 15.8. The zero-order valence-corrected chi connectivity index (χ0v) is 61.6. The third-order valence-corrected chi connectivity index (χ3v) is 21.5. The van der Waals surface area contributed by atoms with Crippen molar-refractivity contribution in [2.24, 2.45) is 0 Å². The second kappa shape index (κ2) is 30.2. The van der Waals surface area contributed by atoms with Gasteiger partial charge in [0.1, 0.15) is 0 Å². The van der Waals surface area contributed by atoms with E-state index in [0.717, 1.165) is 38.5 Å². The Morgan fingerprint density at radius 2 is 0.844 bits per heavy atom. The first kappa shape index (κ1) is 69.4. The molecule has 2 nitrogen and oxygen atoms in total. The number of allylic oxidation sites excluding steroid dienone is 5. The molecule has 498 valence electrons. The summed E-state index contributed by atoms with van der Waals surface area (Å²) in [4.78, 5) is 5.38. The van der Waals surface area contributed by atoms with Gasteiger partial charge in [0.25, 0.3) is 0 Å². The highest BCUT2D eigenvalue weighted by Crippen LogP contribution is 2.44. The predicted octanol–water partition coefficient (Wildman–Crippen LogP) is 26.3. The van der Waals surface area contributed by atoms with Crippen molar-refractivity contribution in [2.45, 2.75) is 236 Å². The summed E-state index contributed by atoms with van der Waals surface area (Å²) >= 11 is 0. The monoisotopic (exact) mass is 1270 g/mol. The molecule has 4 atom stereocenters. The minimum Gasteiger partial charge on any atom is -0.358 e. The van der Waals surface area contributed by atoms with Gasteiger partial charge < -0.3 is 9.80 Å². The lowest BCUT2D eigenvalue weighted by Gasteiger charge is -2.41. The van der Waals surface area contributed by atoms with Gasteiger partial charge in [0.05, 0.1) is 12.1 Å². The minimum atomic E-state index is 0.0948. The van der Waals surface area contributed by atoms with E-state index in [-0.39, 0.29) is 29.0 Å². The molecule has 0 saturated carbocycles. The summed E-state index contributed by atoms with van der Waals surface area (Å²) < 4.78 is 0. The Morgan fingerprint density at radius 1 is 0.375 bits per heavy atom. The van der Waals surface area contributed by atoms with Gasteiger partial charge in [0.15, 0.2) is 0 Å². The summed E-state index contributed by atoms with van der Waals surface area (Å²) in [7, 11) is 0. The molecule has 0 spiro atoms. The van der Waals surface area contributed by atoms with Crippen LogP contribution >= 0.6 is 0 Å². The smallest absolute Gasteiger partial charge is 0.0560 e. The predicted molar refractivity (Wildman–Crippen MR) is 420 cm³/mol. The summed E-state index contributed by atoms with van der Waals surface area (Å²) in [5, 5.41) is 0. The molecule has 0 bridgehead atoms. The number of hydrogen-bond acceptors (Lipinski definition) is 2. The maximum atomic E-state index is 2.78. The fourth-order valence-corrected chi connectivity index (χ4v) is 15.8. The zero-order valence-electron chi connectivity index (χ0n) is 61.6. The molecule has 0 amide bonds. The average molecular weight is 1270 g/mol. The Kier molecular flexibility index (Phi) is 21.9. The molecule has 96 heavy (non-hydrogen) atoms. The SMILES string of the molecule is CCCCCCc1cc(-c2ccc(N(C3C=CC(c4c(C)cc(C(C)(C)C)cc4C)=CC3)C3C=CC(c4ccc(C)cc4)CC3)cc2C)c(CCCCCC)cc1-c1ccc(N(c2ccc(-c3c(C)cc(C(C)(C)C)cc3C)cc2)C2C=CC(c3ccc(C)cc3)=CC2)cc1C. The van der Waals surface area contributed by atoms with Crippen LogP contribution in [0.3, 0.4) is 0 Å². The molecule has 8 aromatic carbocycles. The van der Waals surface area contributed by atoms with Crippen LogP contribution in [0.2, 0.25) is 0 Å². The summed E-state index contributed by atoms with van der Waals surface area (Å²) in [5.74, 6) is 0.435. The number of aryl methyl sites for hydroxylation is 10. The maximum absolute atomic E-state index is 2.78. The Bertz CT molecular complexity index is 4150. The van der Waals surface area contributed by atoms with Crippen LogP contribution < -0.4 is 9.80 Å². The van der Waals surface area contributed by atoms with Gasteiger partial charge in [0.2, 0.25) is 0 Å². The van der Waals surface area contributed by atoms with Crippen molar-refractivity contribution in [3.8, 4) is 33.4 Å². The topological polar surface area (TPSA) is 6.48 Å². The molecule has 0 radical (unpaired) electrons. The van der Waals surface area contributed by atoms with Crippen LogP contribution in [0, 0.1) is 55.4 Å². The number of anilines is 3. The summed E-state index contributed by atoms with van der Waals surface area (Å²) in [5.41, 5.74) is 35.3. The minimum absolute atomic E-state index is 0.0948. The Hall–Kier alpha value is -7.94. The van der Waals surface area contributed by atoms with Crippen molar-refractivity contribution in [2.75, 3.05) is 9.80 Å². The summed E-state index contributed by atoms with van der Waals surface area (Å²) in [6.07, 6.45) is 35.9. The molecule has 3 aliphatic rings. The number of benzene rings is 8. The van der Waals surface area contributed by atoms with Crippen molar-refractivity contribution in [1.82, 2.24) is 0 Å². The van der Waals surface area contributed by atoms with Gasteiger partial charge in [-0.25, -0.2) is 0 Å². The fraction of sp³-hybridized carbons (Fsp3) is 0.383. The van der Waals surface area contributed by atoms with E-state index in [4.69, 9.17) is 0 Å². The molecular formula is C94H112N2. The third-order valence-electron chi connectivity index (χ3n) is 21.5.